The number of non-ortho nitro benzene ring substituents is 1. The topological polar surface area (TPSA) is 110 Å². The fourth-order valence-corrected chi connectivity index (χ4v) is 2.31. The first-order valence-corrected chi connectivity index (χ1v) is 7.26. The van der Waals surface area contributed by atoms with Gasteiger partial charge in [0.25, 0.3) is 11.6 Å². The Morgan fingerprint density at radius 2 is 2.30 bits per heavy atom. The number of aromatic amines is 1. The summed E-state index contributed by atoms with van der Waals surface area (Å²) in [6, 6.07) is 5.70. The third kappa shape index (κ3) is 3.47. The molecule has 8 nitrogen and oxygen atoms in total. The Kier molecular flexibility index (Phi) is 3.96. The van der Waals surface area contributed by atoms with Gasteiger partial charge in [0.05, 0.1) is 11.0 Å². The molecule has 0 atom stereocenters. The molecule has 1 amide bonds. The number of nitro groups is 1. The van der Waals surface area contributed by atoms with Crippen molar-refractivity contribution in [1.82, 2.24) is 10.2 Å². The van der Waals surface area contributed by atoms with Crippen molar-refractivity contribution in [2.45, 2.75) is 25.7 Å². The lowest BCUT2D eigenvalue weighted by Crippen LogP contribution is -2.20. The molecule has 0 bridgehead atoms. The second kappa shape index (κ2) is 6.07. The molecule has 0 spiro atoms. The normalized spacial score (nSPS) is 13.6. The molecule has 1 aliphatic carbocycles. The number of rotatable bonds is 6. The molecule has 8 heteroatoms. The SMILES string of the molecule is Cc1c(NC(=O)COc2cccc([N+](=O)[O-])c2)n[nH]c1C1CC1. The van der Waals surface area contributed by atoms with E-state index in [0.29, 0.717) is 11.7 Å². The summed E-state index contributed by atoms with van der Waals surface area (Å²) in [4.78, 5) is 22.1. The van der Waals surface area contributed by atoms with E-state index in [1.807, 2.05) is 6.92 Å². The molecule has 0 radical (unpaired) electrons. The number of carbonyl (C=O) groups is 1. The van der Waals surface area contributed by atoms with Crippen molar-refractivity contribution in [2.75, 3.05) is 11.9 Å². The molecule has 23 heavy (non-hydrogen) atoms. The highest BCUT2D eigenvalue weighted by molar-refractivity contribution is 5.91. The van der Waals surface area contributed by atoms with Crippen LogP contribution < -0.4 is 10.1 Å². The van der Waals surface area contributed by atoms with Gasteiger partial charge in [-0.25, -0.2) is 0 Å². The van der Waals surface area contributed by atoms with Crippen LogP contribution in [-0.2, 0) is 4.79 Å². The first-order valence-electron chi connectivity index (χ1n) is 7.26. The Labute approximate surface area is 132 Å². The number of nitrogens with zero attached hydrogens (tertiary/aromatic N) is 2. The zero-order valence-corrected chi connectivity index (χ0v) is 12.5. The number of aromatic nitrogens is 2. The van der Waals surface area contributed by atoms with E-state index in [2.05, 4.69) is 15.5 Å². The van der Waals surface area contributed by atoms with Crippen LogP contribution in [0.25, 0.3) is 0 Å². The molecule has 1 aromatic heterocycles. The first kappa shape index (κ1) is 15.0. The van der Waals surface area contributed by atoms with Crippen molar-refractivity contribution in [1.29, 1.82) is 0 Å². The lowest BCUT2D eigenvalue weighted by Gasteiger charge is -2.06. The summed E-state index contributed by atoms with van der Waals surface area (Å²) in [6.45, 7) is 1.67. The Hall–Kier alpha value is -2.90. The number of nitrogens with one attached hydrogen (secondary N) is 2. The molecule has 1 saturated carbocycles. The fourth-order valence-electron chi connectivity index (χ4n) is 2.31. The molecule has 2 aromatic rings. The van der Waals surface area contributed by atoms with E-state index in [9.17, 15) is 14.9 Å². The zero-order valence-electron chi connectivity index (χ0n) is 12.5. The molecule has 2 N–H and O–H groups in total. The van der Waals surface area contributed by atoms with Gasteiger partial charge in [0.2, 0.25) is 0 Å². The second-order valence-electron chi connectivity index (χ2n) is 5.48. The van der Waals surface area contributed by atoms with Crippen LogP contribution >= 0.6 is 0 Å². The van der Waals surface area contributed by atoms with Gasteiger partial charge in [-0.2, -0.15) is 5.10 Å². The third-order valence-corrected chi connectivity index (χ3v) is 3.69. The molecule has 1 aromatic carbocycles. The number of ether oxygens (including phenoxy) is 1. The Morgan fingerprint density at radius 1 is 1.52 bits per heavy atom. The Bertz CT molecular complexity index is 752. The van der Waals surface area contributed by atoms with Crippen molar-refractivity contribution < 1.29 is 14.5 Å². The number of benzene rings is 1. The van der Waals surface area contributed by atoms with Gasteiger partial charge < -0.3 is 10.1 Å². The van der Waals surface area contributed by atoms with Gasteiger partial charge in [0, 0.05) is 23.2 Å². The van der Waals surface area contributed by atoms with Gasteiger partial charge in [-0.05, 0) is 25.8 Å². The van der Waals surface area contributed by atoms with Crippen molar-refractivity contribution in [2.24, 2.45) is 0 Å². The van der Waals surface area contributed by atoms with E-state index in [1.165, 1.54) is 18.2 Å². The van der Waals surface area contributed by atoms with Crippen LogP contribution in [0.1, 0.15) is 30.0 Å². The predicted molar refractivity (Wildman–Crippen MR) is 82.5 cm³/mol. The summed E-state index contributed by atoms with van der Waals surface area (Å²) < 4.78 is 5.28. The van der Waals surface area contributed by atoms with Crippen LogP contribution in [0.4, 0.5) is 11.5 Å². The average Bonchev–Trinajstić information content (AvgIpc) is 3.31. The van der Waals surface area contributed by atoms with Gasteiger partial charge in [-0.3, -0.25) is 20.0 Å². The van der Waals surface area contributed by atoms with Crippen LogP contribution in [0.2, 0.25) is 0 Å². The second-order valence-corrected chi connectivity index (χ2v) is 5.48. The molecule has 120 valence electrons. The minimum absolute atomic E-state index is 0.0832. The number of nitro benzene ring substituents is 1. The third-order valence-electron chi connectivity index (χ3n) is 3.69. The minimum Gasteiger partial charge on any atom is -0.484 e. The summed E-state index contributed by atoms with van der Waals surface area (Å²) in [5, 5.41) is 20.4. The maximum absolute atomic E-state index is 11.9. The highest BCUT2D eigenvalue weighted by Crippen LogP contribution is 2.41. The van der Waals surface area contributed by atoms with Crippen LogP contribution in [-0.4, -0.2) is 27.6 Å². The summed E-state index contributed by atoms with van der Waals surface area (Å²) >= 11 is 0. The van der Waals surface area contributed by atoms with Gasteiger partial charge in [0.1, 0.15) is 5.75 Å². The molecule has 1 fully saturated rings. The Balaban J connectivity index is 1.57. The van der Waals surface area contributed by atoms with Gasteiger partial charge in [-0.15, -0.1) is 0 Å². The number of carbonyl (C=O) groups excluding carboxylic acids is 1. The summed E-state index contributed by atoms with van der Waals surface area (Å²) in [5.74, 6) is 0.925. The van der Waals surface area contributed by atoms with Crippen molar-refractivity contribution in [3.05, 3.63) is 45.6 Å². The van der Waals surface area contributed by atoms with E-state index in [4.69, 9.17) is 4.74 Å². The standard InChI is InChI=1S/C15H16N4O4/c1-9-14(10-5-6-10)17-18-15(9)16-13(20)8-23-12-4-2-3-11(7-12)19(21)22/h2-4,7,10H,5-6,8H2,1H3,(H2,16,17,18,20). The quantitative estimate of drug-likeness (QED) is 0.628. The highest BCUT2D eigenvalue weighted by atomic mass is 16.6. The van der Waals surface area contributed by atoms with E-state index < -0.39 is 4.92 Å². The number of anilines is 1. The van der Waals surface area contributed by atoms with Gasteiger partial charge >= 0.3 is 0 Å². The molecular weight excluding hydrogens is 300 g/mol. The largest absolute Gasteiger partial charge is 0.484 e. The average molecular weight is 316 g/mol. The number of hydrogen-bond acceptors (Lipinski definition) is 5. The first-order chi connectivity index (χ1) is 11.0. The predicted octanol–water partition coefficient (Wildman–Crippen LogP) is 2.52. The molecule has 0 aliphatic heterocycles. The summed E-state index contributed by atoms with van der Waals surface area (Å²) in [6.07, 6.45) is 2.29. The monoisotopic (exact) mass is 316 g/mol. The molecule has 1 heterocycles. The van der Waals surface area contributed by atoms with Gasteiger partial charge in [-0.1, -0.05) is 6.07 Å². The van der Waals surface area contributed by atoms with E-state index in [1.54, 1.807) is 6.07 Å². The molecule has 0 unspecified atom stereocenters. The molecule has 0 saturated heterocycles. The van der Waals surface area contributed by atoms with E-state index in [-0.39, 0.29) is 24.0 Å². The van der Waals surface area contributed by atoms with Crippen LogP contribution in [0.3, 0.4) is 0 Å². The number of hydrogen-bond donors (Lipinski definition) is 2. The lowest BCUT2D eigenvalue weighted by molar-refractivity contribution is -0.384. The number of amides is 1. The molecule has 3 rings (SSSR count). The van der Waals surface area contributed by atoms with E-state index >= 15 is 0 Å². The summed E-state index contributed by atoms with van der Waals surface area (Å²) in [7, 11) is 0. The van der Waals surface area contributed by atoms with Crippen molar-refractivity contribution >= 4 is 17.4 Å². The zero-order chi connectivity index (χ0) is 16.4. The molecular formula is C15H16N4O4. The van der Waals surface area contributed by atoms with Crippen LogP contribution in [0.5, 0.6) is 5.75 Å². The van der Waals surface area contributed by atoms with Crippen LogP contribution in [0.15, 0.2) is 24.3 Å². The van der Waals surface area contributed by atoms with Crippen molar-refractivity contribution in [3.63, 3.8) is 0 Å². The maximum Gasteiger partial charge on any atom is 0.273 e. The smallest absolute Gasteiger partial charge is 0.273 e. The lowest BCUT2D eigenvalue weighted by atomic mass is 10.2. The minimum atomic E-state index is -0.514. The maximum atomic E-state index is 11.9. The van der Waals surface area contributed by atoms with Crippen LogP contribution in [0, 0.1) is 17.0 Å². The fraction of sp³-hybridized carbons (Fsp3) is 0.333. The van der Waals surface area contributed by atoms with E-state index in [0.717, 1.165) is 24.1 Å². The summed E-state index contributed by atoms with van der Waals surface area (Å²) in [5.41, 5.74) is 1.93. The van der Waals surface area contributed by atoms with Gasteiger partial charge in [0.15, 0.2) is 12.4 Å². The van der Waals surface area contributed by atoms with Crippen molar-refractivity contribution in [3.8, 4) is 5.75 Å². The molecule has 1 aliphatic rings. The highest BCUT2D eigenvalue weighted by Gasteiger charge is 2.28. The Morgan fingerprint density at radius 3 is 3.00 bits per heavy atom. The number of H-pyrrole nitrogens is 1.